The van der Waals surface area contributed by atoms with Crippen LogP contribution in [0.1, 0.15) is 26.1 Å². The van der Waals surface area contributed by atoms with Crippen LogP contribution in [-0.2, 0) is 6.42 Å². The molecule has 4 nitrogen and oxygen atoms in total. The van der Waals surface area contributed by atoms with Crippen LogP contribution in [0.4, 0.5) is 5.82 Å². The molecule has 4 heteroatoms. The number of aryl methyl sites for hydroxylation is 1. The molecule has 0 saturated heterocycles. The van der Waals surface area contributed by atoms with E-state index in [1.807, 2.05) is 18.2 Å². The van der Waals surface area contributed by atoms with Gasteiger partial charge in [0.25, 0.3) is 0 Å². The van der Waals surface area contributed by atoms with Gasteiger partial charge in [0.05, 0.1) is 5.69 Å². The minimum atomic E-state index is 0.859. The van der Waals surface area contributed by atoms with E-state index in [-0.39, 0.29) is 0 Å². The molecule has 2 aromatic heterocycles. The standard InChI is InChI=1S/C14H18N4/c1-3-5-13-17-12(10-14(18-13)16-4-2)11-6-8-15-9-7-11/h6-10H,3-5H2,1-2H3,(H,16,17,18). The van der Waals surface area contributed by atoms with E-state index in [0.29, 0.717) is 0 Å². The average Bonchev–Trinajstić information content (AvgIpc) is 2.40. The van der Waals surface area contributed by atoms with Crippen LogP contribution in [0.2, 0.25) is 0 Å². The first-order chi connectivity index (χ1) is 8.83. The molecule has 0 aliphatic carbocycles. The molecule has 0 bridgehead atoms. The lowest BCUT2D eigenvalue weighted by Gasteiger charge is -2.08. The number of nitrogens with zero attached hydrogens (tertiary/aromatic N) is 3. The maximum atomic E-state index is 4.60. The normalized spacial score (nSPS) is 10.3. The Labute approximate surface area is 108 Å². The summed E-state index contributed by atoms with van der Waals surface area (Å²) in [5, 5.41) is 3.25. The molecule has 0 aromatic carbocycles. The topological polar surface area (TPSA) is 50.7 Å². The molecular weight excluding hydrogens is 224 g/mol. The molecule has 2 rings (SSSR count). The highest BCUT2D eigenvalue weighted by molar-refractivity contribution is 5.61. The molecule has 2 heterocycles. The van der Waals surface area contributed by atoms with Crippen molar-refractivity contribution in [1.29, 1.82) is 0 Å². The Morgan fingerprint density at radius 3 is 2.56 bits per heavy atom. The van der Waals surface area contributed by atoms with E-state index in [9.17, 15) is 0 Å². The molecule has 2 aromatic rings. The summed E-state index contributed by atoms with van der Waals surface area (Å²) in [6, 6.07) is 5.92. The van der Waals surface area contributed by atoms with Gasteiger partial charge in [-0.25, -0.2) is 9.97 Å². The van der Waals surface area contributed by atoms with Crippen LogP contribution >= 0.6 is 0 Å². The molecule has 0 spiro atoms. The smallest absolute Gasteiger partial charge is 0.131 e. The second kappa shape index (κ2) is 6.10. The first-order valence-electron chi connectivity index (χ1n) is 6.35. The van der Waals surface area contributed by atoms with E-state index in [4.69, 9.17) is 0 Å². The fourth-order valence-electron chi connectivity index (χ4n) is 1.77. The first kappa shape index (κ1) is 12.5. The van der Waals surface area contributed by atoms with E-state index >= 15 is 0 Å². The molecule has 0 saturated carbocycles. The molecule has 0 fully saturated rings. The molecule has 0 aliphatic heterocycles. The second-order valence-electron chi connectivity index (χ2n) is 4.07. The predicted octanol–water partition coefficient (Wildman–Crippen LogP) is 2.92. The molecular formula is C14H18N4. The maximum absolute atomic E-state index is 4.60. The lowest BCUT2D eigenvalue weighted by Crippen LogP contribution is -2.04. The Bertz CT molecular complexity index is 472. The highest BCUT2D eigenvalue weighted by atomic mass is 15.0. The van der Waals surface area contributed by atoms with Crippen LogP contribution in [0.25, 0.3) is 11.3 Å². The second-order valence-corrected chi connectivity index (χ2v) is 4.07. The Balaban J connectivity index is 2.39. The van der Waals surface area contributed by atoms with Crippen molar-refractivity contribution in [1.82, 2.24) is 15.0 Å². The third-order valence-electron chi connectivity index (χ3n) is 2.58. The van der Waals surface area contributed by atoms with Crippen molar-refractivity contribution in [2.45, 2.75) is 26.7 Å². The van der Waals surface area contributed by atoms with Crippen LogP contribution in [0.15, 0.2) is 30.6 Å². The van der Waals surface area contributed by atoms with Crippen molar-refractivity contribution in [2.75, 3.05) is 11.9 Å². The van der Waals surface area contributed by atoms with Crippen LogP contribution in [0.3, 0.4) is 0 Å². The largest absolute Gasteiger partial charge is 0.370 e. The van der Waals surface area contributed by atoms with Crippen LogP contribution < -0.4 is 5.32 Å². The summed E-state index contributed by atoms with van der Waals surface area (Å²) in [5.74, 6) is 1.78. The van der Waals surface area contributed by atoms with Crippen LogP contribution in [0, 0.1) is 0 Å². The lowest BCUT2D eigenvalue weighted by molar-refractivity contribution is 0.836. The van der Waals surface area contributed by atoms with Crippen molar-refractivity contribution in [2.24, 2.45) is 0 Å². The van der Waals surface area contributed by atoms with Crippen molar-refractivity contribution in [3.05, 3.63) is 36.4 Å². The number of hydrogen-bond acceptors (Lipinski definition) is 4. The van der Waals surface area contributed by atoms with E-state index < -0.39 is 0 Å². The van der Waals surface area contributed by atoms with Crippen LogP contribution in [-0.4, -0.2) is 21.5 Å². The van der Waals surface area contributed by atoms with Gasteiger partial charge < -0.3 is 5.32 Å². The van der Waals surface area contributed by atoms with Crippen LogP contribution in [0.5, 0.6) is 0 Å². The van der Waals surface area contributed by atoms with Gasteiger partial charge in [0.15, 0.2) is 0 Å². The lowest BCUT2D eigenvalue weighted by atomic mass is 10.2. The summed E-state index contributed by atoms with van der Waals surface area (Å²) in [6.45, 7) is 5.06. The molecule has 0 atom stereocenters. The minimum Gasteiger partial charge on any atom is -0.370 e. The predicted molar refractivity (Wildman–Crippen MR) is 73.4 cm³/mol. The fraction of sp³-hybridized carbons (Fsp3) is 0.357. The third kappa shape index (κ3) is 3.03. The maximum Gasteiger partial charge on any atom is 0.131 e. The van der Waals surface area contributed by atoms with Crippen molar-refractivity contribution < 1.29 is 0 Å². The SMILES string of the molecule is CCCc1nc(NCC)cc(-c2ccncc2)n1. The minimum absolute atomic E-state index is 0.859. The zero-order valence-electron chi connectivity index (χ0n) is 10.8. The highest BCUT2D eigenvalue weighted by Gasteiger charge is 2.05. The van der Waals surface area contributed by atoms with Crippen molar-refractivity contribution >= 4 is 5.82 Å². The number of hydrogen-bond donors (Lipinski definition) is 1. The monoisotopic (exact) mass is 242 g/mol. The van der Waals surface area contributed by atoms with Gasteiger partial charge in [0.2, 0.25) is 0 Å². The molecule has 18 heavy (non-hydrogen) atoms. The van der Waals surface area contributed by atoms with Gasteiger partial charge in [0, 0.05) is 37.0 Å². The molecule has 1 N–H and O–H groups in total. The number of rotatable bonds is 5. The number of aromatic nitrogens is 3. The molecule has 0 amide bonds. The third-order valence-corrected chi connectivity index (χ3v) is 2.58. The first-order valence-corrected chi connectivity index (χ1v) is 6.35. The van der Waals surface area contributed by atoms with Gasteiger partial charge in [-0.3, -0.25) is 4.98 Å². The summed E-state index contributed by atoms with van der Waals surface area (Å²) < 4.78 is 0. The Morgan fingerprint density at radius 2 is 1.89 bits per heavy atom. The summed E-state index contributed by atoms with van der Waals surface area (Å²) in [7, 11) is 0. The zero-order valence-corrected chi connectivity index (χ0v) is 10.8. The van der Waals surface area contributed by atoms with Gasteiger partial charge >= 0.3 is 0 Å². The Kier molecular flexibility index (Phi) is 4.23. The quantitative estimate of drug-likeness (QED) is 0.875. The Hall–Kier alpha value is -1.97. The van der Waals surface area contributed by atoms with E-state index in [0.717, 1.165) is 42.3 Å². The van der Waals surface area contributed by atoms with Gasteiger partial charge in [0.1, 0.15) is 11.6 Å². The number of pyridine rings is 1. The van der Waals surface area contributed by atoms with Gasteiger partial charge in [-0.05, 0) is 25.5 Å². The molecule has 0 unspecified atom stereocenters. The van der Waals surface area contributed by atoms with Crippen molar-refractivity contribution in [3.8, 4) is 11.3 Å². The average molecular weight is 242 g/mol. The van der Waals surface area contributed by atoms with E-state index in [1.165, 1.54) is 0 Å². The van der Waals surface area contributed by atoms with E-state index in [1.54, 1.807) is 12.4 Å². The summed E-state index contributed by atoms with van der Waals surface area (Å²) in [4.78, 5) is 13.1. The molecule has 94 valence electrons. The molecule has 0 aliphatic rings. The fourth-order valence-corrected chi connectivity index (χ4v) is 1.77. The zero-order chi connectivity index (χ0) is 12.8. The summed E-state index contributed by atoms with van der Waals surface area (Å²) >= 11 is 0. The number of anilines is 1. The van der Waals surface area contributed by atoms with Gasteiger partial charge in [-0.2, -0.15) is 0 Å². The Morgan fingerprint density at radius 1 is 1.11 bits per heavy atom. The molecule has 0 radical (unpaired) electrons. The van der Waals surface area contributed by atoms with Gasteiger partial charge in [-0.15, -0.1) is 0 Å². The highest BCUT2D eigenvalue weighted by Crippen LogP contribution is 2.19. The summed E-state index contributed by atoms with van der Waals surface area (Å²) in [5.41, 5.74) is 2.02. The van der Waals surface area contributed by atoms with Gasteiger partial charge in [-0.1, -0.05) is 6.92 Å². The number of nitrogens with one attached hydrogen (secondary N) is 1. The summed E-state index contributed by atoms with van der Waals surface area (Å²) in [6.07, 6.45) is 5.51. The van der Waals surface area contributed by atoms with E-state index in [2.05, 4.69) is 34.1 Å². The van der Waals surface area contributed by atoms with Crippen molar-refractivity contribution in [3.63, 3.8) is 0 Å².